The highest BCUT2D eigenvalue weighted by molar-refractivity contribution is 5.87. The van der Waals surface area contributed by atoms with Crippen LogP contribution in [0.4, 0.5) is 0 Å². The Morgan fingerprint density at radius 3 is 2.29 bits per heavy atom. The number of ether oxygens (including phenoxy) is 6. The zero-order valence-electron chi connectivity index (χ0n) is 36.7. The molecule has 0 radical (unpaired) electrons. The molecule has 0 saturated carbocycles. The van der Waals surface area contributed by atoms with Gasteiger partial charge < -0.3 is 59.1 Å². The van der Waals surface area contributed by atoms with E-state index in [9.17, 15) is 35.4 Å². The molecule has 0 spiro atoms. The van der Waals surface area contributed by atoms with Crippen LogP contribution in [0.1, 0.15) is 94.9 Å². The third-order valence-corrected chi connectivity index (χ3v) is 12.5. The van der Waals surface area contributed by atoms with Gasteiger partial charge in [0.05, 0.1) is 49.8 Å². The minimum Gasteiger partial charge on any atom is -0.490 e. The Hall–Kier alpha value is -2.43. The lowest BCUT2D eigenvalue weighted by molar-refractivity contribution is -0.339. The van der Waals surface area contributed by atoms with E-state index in [0.29, 0.717) is 18.4 Å². The summed E-state index contributed by atoms with van der Waals surface area (Å²) in [4.78, 5) is 13.9. The van der Waals surface area contributed by atoms with Gasteiger partial charge in [-0.05, 0) is 52.5 Å². The molecule has 6 N–H and O–H groups in total. The fourth-order valence-corrected chi connectivity index (χ4v) is 8.64. The number of aliphatic hydroxyl groups is 6. The van der Waals surface area contributed by atoms with E-state index in [0.717, 1.165) is 5.57 Å². The maximum absolute atomic E-state index is 13.9. The van der Waals surface area contributed by atoms with Gasteiger partial charge in [0.1, 0.15) is 18.3 Å². The largest absolute Gasteiger partial charge is 0.490 e. The zero-order chi connectivity index (χ0) is 43.6. The zero-order valence-corrected chi connectivity index (χ0v) is 36.7. The molecule has 18 atom stereocenters. The molecule has 0 aromatic carbocycles. The summed E-state index contributed by atoms with van der Waals surface area (Å²) in [5, 5.41) is 67.8. The predicted molar refractivity (Wildman–Crippen MR) is 220 cm³/mol. The van der Waals surface area contributed by atoms with Crippen LogP contribution in [0.15, 0.2) is 59.4 Å². The molecule has 13 nitrogen and oxygen atoms in total. The summed E-state index contributed by atoms with van der Waals surface area (Å²) in [5.74, 6) is -5.78. The Bertz CT molecular complexity index is 1450. The molecule has 58 heavy (non-hydrogen) atoms. The van der Waals surface area contributed by atoms with Crippen molar-refractivity contribution in [1.29, 1.82) is 0 Å². The molecule has 0 aromatic heterocycles. The molecule has 2 saturated heterocycles. The minimum absolute atomic E-state index is 0.0414. The second-order valence-electron chi connectivity index (χ2n) is 17.1. The quantitative estimate of drug-likeness (QED) is 0.129. The number of rotatable bonds is 10. The number of esters is 1. The number of carbonyl (C=O) groups excluding carboxylic acids is 1. The molecule has 3 aliphatic heterocycles. The molecule has 0 bridgehead atoms. The Balaban J connectivity index is 2.02. The number of allylic oxidation sites excluding steroid dienone is 6. The number of hydrogen-bond donors (Lipinski definition) is 6. The van der Waals surface area contributed by atoms with Crippen LogP contribution in [0.5, 0.6) is 0 Å². The van der Waals surface area contributed by atoms with Gasteiger partial charge in [-0.2, -0.15) is 0 Å². The number of hydrogen-bond acceptors (Lipinski definition) is 13. The molecule has 0 aliphatic carbocycles. The van der Waals surface area contributed by atoms with Gasteiger partial charge in [-0.3, -0.25) is 0 Å². The normalized spacial score (nSPS) is 43.0. The molecule has 3 heterocycles. The van der Waals surface area contributed by atoms with Gasteiger partial charge >= 0.3 is 5.97 Å². The van der Waals surface area contributed by atoms with Crippen LogP contribution in [0.2, 0.25) is 0 Å². The van der Waals surface area contributed by atoms with E-state index in [2.05, 4.69) is 0 Å². The first kappa shape index (κ1) is 49.9. The maximum atomic E-state index is 13.9. The molecule has 3 rings (SSSR count). The molecular weight excluding hydrogens is 748 g/mol. The monoisotopic (exact) mass is 823 g/mol. The molecule has 332 valence electrons. The average molecular weight is 823 g/mol. The molecule has 0 unspecified atom stereocenters. The van der Waals surface area contributed by atoms with Crippen molar-refractivity contribution in [2.75, 3.05) is 14.2 Å². The van der Waals surface area contributed by atoms with Crippen molar-refractivity contribution < 1.29 is 63.9 Å². The van der Waals surface area contributed by atoms with E-state index < -0.39 is 90.9 Å². The second-order valence-corrected chi connectivity index (χ2v) is 17.1. The third kappa shape index (κ3) is 12.6. The van der Waals surface area contributed by atoms with E-state index in [1.807, 2.05) is 65.8 Å². The van der Waals surface area contributed by atoms with Gasteiger partial charge in [-0.1, -0.05) is 89.1 Å². The smallest absolute Gasteiger partial charge is 0.373 e. The van der Waals surface area contributed by atoms with Gasteiger partial charge in [-0.15, -0.1) is 0 Å². The highest BCUT2D eigenvalue weighted by Crippen LogP contribution is 2.42. The lowest BCUT2D eigenvalue weighted by Crippen LogP contribution is -2.59. The van der Waals surface area contributed by atoms with Gasteiger partial charge in [0.2, 0.25) is 5.76 Å². The van der Waals surface area contributed by atoms with Crippen LogP contribution >= 0.6 is 0 Å². The first-order valence-electron chi connectivity index (χ1n) is 21.0. The van der Waals surface area contributed by atoms with Crippen LogP contribution in [0.3, 0.4) is 0 Å². The molecule has 0 amide bonds. The van der Waals surface area contributed by atoms with Crippen molar-refractivity contribution >= 4 is 5.97 Å². The molecule has 2 fully saturated rings. The molecule has 0 aromatic rings. The fourth-order valence-electron chi connectivity index (χ4n) is 8.64. The van der Waals surface area contributed by atoms with Crippen LogP contribution < -0.4 is 0 Å². The topological polar surface area (TPSA) is 194 Å². The van der Waals surface area contributed by atoms with Gasteiger partial charge in [-0.25, -0.2) is 4.79 Å². The Labute approximate surface area is 346 Å². The first-order valence-corrected chi connectivity index (χ1v) is 21.0. The fraction of sp³-hybridized carbons (Fsp3) is 0.756. The van der Waals surface area contributed by atoms with Crippen molar-refractivity contribution in [3.05, 3.63) is 59.4 Å². The van der Waals surface area contributed by atoms with Crippen LogP contribution in [-0.4, -0.2) is 124 Å². The first-order chi connectivity index (χ1) is 27.2. The van der Waals surface area contributed by atoms with Gasteiger partial charge in [0.15, 0.2) is 12.1 Å². The standard InChI is InChI=1S/C45H74O13/c1-13-16-34-28(7)37(56-38-22-33(46)42(50)31(10)55-38)23-45(52,58-34)30(9)41(49)29(8)43-35(53-11)18-15-17-24(3)19-26(5)39(47)32(14-2)40(48)27(6)20-25(4)21-36(54-12)44(51)57-43/h13,15-18,20-21,26-35,37-43,46-50,52H,14,19,22-23H2,1-12H3/b16-13+,18-15+,24-17+,25-20?,36-21-/t26-,27-,28-,29+,30+,31-,32+,33-,34-,35+,37-,38+,39+,40-,41-,42-,43-,45-/m1/s1. The van der Waals surface area contributed by atoms with Crippen LogP contribution in [0.25, 0.3) is 0 Å². The lowest BCUT2D eigenvalue weighted by atomic mass is 9.77. The highest BCUT2D eigenvalue weighted by Gasteiger charge is 2.52. The second kappa shape index (κ2) is 22.4. The van der Waals surface area contributed by atoms with Crippen LogP contribution in [-0.2, 0) is 33.2 Å². The van der Waals surface area contributed by atoms with Crippen molar-refractivity contribution in [1.82, 2.24) is 0 Å². The van der Waals surface area contributed by atoms with Crippen molar-refractivity contribution in [2.45, 2.75) is 168 Å². The third-order valence-electron chi connectivity index (χ3n) is 12.5. The van der Waals surface area contributed by atoms with Gasteiger partial charge in [0, 0.05) is 49.5 Å². The molecule has 13 heteroatoms. The van der Waals surface area contributed by atoms with Crippen molar-refractivity contribution in [2.24, 2.45) is 35.5 Å². The Kier molecular flexibility index (Phi) is 19.3. The predicted octanol–water partition coefficient (Wildman–Crippen LogP) is 4.88. The minimum atomic E-state index is -1.93. The summed E-state index contributed by atoms with van der Waals surface area (Å²) in [6.45, 7) is 18.3. The summed E-state index contributed by atoms with van der Waals surface area (Å²) in [5.41, 5.74) is 1.61. The maximum Gasteiger partial charge on any atom is 0.373 e. The highest BCUT2D eigenvalue weighted by atomic mass is 16.7. The average Bonchev–Trinajstić information content (AvgIpc) is 3.17. The lowest BCUT2D eigenvalue weighted by Gasteiger charge is -2.49. The summed E-state index contributed by atoms with van der Waals surface area (Å²) >= 11 is 0. The summed E-state index contributed by atoms with van der Waals surface area (Å²) in [6.07, 6.45) is 3.82. The van der Waals surface area contributed by atoms with E-state index in [-0.39, 0.29) is 42.3 Å². The molecule has 3 aliphatic rings. The Morgan fingerprint density at radius 2 is 1.71 bits per heavy atom. The SMILES string of the molecule is C/C=C/[C@H]1O[C@@](O)([C@@H](C)[C@H](O)[C@H](C)[C@H]2OC(=O)/C(OC)=C/C(C)=C[C@@H](C)[C@@H](O)[C@@H](CC)[C@@H](O)[C@H](C)C/C(C)=C/C=C/[C@@H]2OC)C[C@@H](O[C@H]2C[C@@H](O)[C@H](O)[C@@H](C)O2)[C@@H]1C. The van der Waals surface area contributed by atoms with Gasteiger partial charge in [0.25, 0.3) is 0 Å². The number of methoxy groups -OCH3 is 2. The van der Waals surface area contributed by atoms with E-state index in [4.69, 9.17) is 28.4 Å². The van der Waals surface area contributed by atoms with E-state index in [1.54, 1.807) is 39.8 Å². The summed E-state index contributed by atoms with van der Waals surface area (Å²) in [6, 6.07) is 0. The van der Waals surface area contributed by atoms with Crippen LogP contribution in [0, 0.1) is 35.5 Å². The van der Waals surface area contributed by atoms with Crippen molar-refractivity contribution in [3.63, 3.8) is 0 Å². The number of cyclic esters (lactones) is 1. The van der Waals surface area contributed by atoms with Crippen molar-refractivity contribution in [3.8, 4) is 0 Å². The van der Waals surface area contributed by atoms with E-state index >= 15 is 0 Å². The van der Waals surface area contributed by atoms with E-state index in [1.165, 1.54) is 20.3 Å². The Morgan fingerprint density at radius 1 is 1.03 bits per heavy atom. The number of aliphatic hydroxyl groups excluding tert-OH is 5. The summed E-state index contributed by atoms with van der Waals surface area (Å²) < 4.78 is 36.1. The summed E-state index contributed by atoms with van der Waals surface area (Å²) in [7, 11) is 2.83. The molecular formula is C45H74O13. The number of carbonyl (C=O) groups is 1.